The molecule has 6 heteroatoms. The summed E-state index contributed by atoms with van der Waals surface area (Å²) in [7, 11) is 0. The van der Waals surface area contributed by atoms with Crippen molar-refractivity contribution in [2.75, 3.05) is 42.3 Å². The average Bonchev–Trinajstić information content (AvgIpc) is 2.54. The molecule has 2 rings (SSSR count). The minimum atomic E-state index is -0.0443. The van der Waals surface area contributed by atoms with Gasteiger partial charge in [-0.2, -0.15) is 0 Å². The van der Waals surface area contributed by atoms with Gasteiger partial charge in [-0.1, -0.05) is 12.2 Å². The van der Waals surface area contributed by atoms with Crippen LogP contribution in [0.25, 0.3) is 6.08 Å². The fourth-order valence-corrected chi connectivity index (χ4v) is 2.05. The third-order valence-corrected chi connectivity index (χ3v) is 3.19. The molecule has 2 aromatic carbocycles. The Morgan fingerprint density at radius 2 is 1.87 bits per heavy atom. The highest BCUT2D eigenvalue weighted by Crippen LogP contribution is 2.25. The lowest BCUT2D eigenvalue weighted by molar-refractivity contribution is 0.202. The molecule has 2 aromatic rings. The Morgan fingerprint density at radius 1 is 1.04 bits per heavy atom. The SMILES string of the molecule is Nc1ccc(N)c(/C=C/CNc2ccc(OCCO)c(N)c2)c1. The first-order chi connectivity index (χ1) is 11.1. The molecule has 0 aliphatic heterocycles. The summed E-state index contributed by atoms with van der Waals surface area (Å²) in [6.45, 7) is 0.795. The number of benzene rings is 2. The molecule has 8 N–H and O–H groups in total. The number of ether oxygens (including phenoxy) is 1. The maximum absolute atomic E-state index is 8.74. The van der Waals surface area contributed by atoms with Gasteiger partial charge in [-0.15, -0.1) is 0 Å². The van der Waals surface area contributed by atoms with Gasteiger partial charge in [-0.05, 0) is 42.0 Å². The highest BCUT2D eigenvalue weighted by molar-refractivity contribution is 5.69. The molecule has 0 unspecified atom stereocenters. The van der Waals surface area contributed by atoms with Crippen molar-refractivity contribution in [1.29, 1.82) is 0 Å². The lowest BCUT2D eigenvalue weighted by Crippen LogP contribution is -2.05. The first-order valence-corrected chi connectivity index (χ1v) is 7.28. The van der Waals surface area contributed by atoms with Crippen LogP contribution in [0.3, 0.4) is 0 Å². The number of nitrogens with one attached hydrogen (secondary N) is 1. The zero-order valence-corrected chi connectivity index (χ0v) is 12.8. The normalized spacial score (nSPS) is 10.8. The Bertz CT molecular complexity index is 686. The van der Waals surface area contributed by atoms with Gasteiger partial charge in [0.25, 0.3) is 0 Å². The van der Waals surface area contributed by atoms with Gasteiger partial charge >= 0.3 is 0 Å². The van der Waals surface area contributed by atoms with Gasteiger partial charge in [0, 0.05) is 23.6 Å². The summed E-state index contributed by atoms with van der Waals surface area (Å²) in [5.41, 5.74) is 21.2. The third-order valence-electron chi connectivity index (χ3n) is 3.19. The predicted octanol–water partition coefficient (Wildman–Crippen LogP) is 1.93. The summed E-state index contributed by atoms with van der Waals surface area (Å²) in [5, 5.41) is 12.0. The maximum atomic E-state index is 8.74. The van der Waals surface area contributed by atoms with Gasteiger partial charge in [-0.25, -0.2) is 0 Å². The quantitative estimate of drug-likeness (QED) is 0.498. The van der Waals surface area contributed by atoms with Crippen molar-refractivity contribution in [1.82, 2.24) is 0 Å². The van der Waals surface area contributed by atoms with Crippen molar-refractivity contribution in [2.45, 2.75) is 0 Å². The molecule has 0 amide bonds. The van der Waals surface area contributed by atoms with E-state index in [1.165, 1.54) is 0 Å². The molecule has 0 spiro atoms. The number of nitrogen functional groups attached to an aromatic ring is 3. The summed E-state index contributed by atoms with van der Waals surface area (Å²) >= 11 is 0. The molecule has 23 heavy (non-hydrogen) atoms. The van der Waals surface area contributed by atoms with E-state index in [0.717, 1.165) is 11.3 Å². The second-order valence-electron chi connectivity index (χ2n) is 5.00. The van der Waals surface area contributed by atoms with E-state index in [1.54, 1.807) is 24.3 Å². The molecular formula is C17H22N4O2. The van der Waals surface area contributed by atoms with Gasteiger partial charge in [0.2, 0.25) is 0 Å². The highest BCUT2D eigenvalue weighted by atomic mass is 16.5. The molecule has 122 valence electrons. The van der Waals surface area contributed by atoms with E-state index in [0.29, 0.717) is 29.4 Å². The number of rotatable bonds is 7. The van der Waals surface area contributed by atoms with Gasteiger partial charge in [0.1, 0.15) is 12.4 Å². The number of aliphatic hydroxyl groups excluding tert-OH is 1. The van der Waals surface area contributed by atoms with E-state index in [1.807, 2.05) is 24.3 Å². The lowest BCUT2D eigenvalue weighted by Gasteiger charge is -2.10. The van der Waals surface area contributed by atoms with E-state index in [4.69, 9.17) is 27.0 Å². The molecule has 0 bridgehead atoms. The van der Waals surface area contributed by atoms with Crippen molar-refractivity contribution < 1.29 is 9.84 Å². The maximum Gasteiger partial charge on any atom is 0.142 e. The molecule has 0 atom stereocenters. The van der Waals surface area contributed by atoms with Crippen molar-refractivity contribution in [3.8, 4) is 5.75 Å². The Morgan fingerprint density at radius 3 is 2.61 bits per heavy atom. The second-order valence-corrected chi connectivity index (χ2v) is 5.00. The smallest absolute Gasteiger partial charge is 0.142 e. The number of anilines is 4. The molecule has 0 aromatic heterocycles. The summed E-state index contributed by atoms with van der Waals surface area (Å²) in [4.78, 5) is 0. The van der Waals surface area contributed by atoms with Crippen LogP contribution in [0.15, 0.2) is 42.5 Å². The van der Waals surface area contributed by atoms with Crippen molar-refractivity contribution >= 4 is 28.8 Å². The zero-order valence-electron chi connectivity index (χ0n) is 12.8. The topological polar surface area (TPSA) is 120 Å². The third kappa shape index (κ3) is 4.82. The van der Waals surface area contributed by atoms with Crippen LogP contribution >= 0.6 is 0 Å². The van der Waals surface area contributed by atoms with E-state index < -0.39 is 0 Å². The van der Waals surface area contributed by atoms with Gasteiger partial charge in [0.05, 0.1) is 12.3 Å². The molecule has 0 aliphatic carbocycles. The summed E-state index contributed by atoms with van der Waals surface area (Å²) in [6, 6.07) is 10.8. The van der Waals surface area contributed by atoms with Gasteiger partial charge in [-0.3, -0.25) is 0 Å². The first kappa shape index (κ1) is 16.5. The fourth-order valence-electron chi connectivity index (χ4n) is 2.05. The molecule has 0 aliphatic rings. The van der Waals surface area contributed by atoms with Crippen LogP contribution in [0.4, 0.5) is 22.7 Å². The number of hydrogen-bond acceptors (Lipinski definition) is 6. The van der Waals surface area contributed by atoms with Crippen molar-refractivity contribution in [2.24, 2.45) is 0 Å². The molecule has 0 fully saturated rings. The summed E-state index contributed by atoms with van der Waals surface area (Å²) in [5.74, 6) is 0.563. The van der Waals surface area contributed by atoms with E-state index in [2.05, 4.69) is 5.32 Å². The second kappa shape index (κ2) is 7.95. The number of hydrogen-bond donors (Lipinski definition) is 5. The van der Waals surface area contributed by atoms with E-state index >= 15 is 0 Å². The molecule has 0 saturated carbocycles. The van der Waals surface area contributed by atoms with Crippen LogP contribution in [-0.2, 0) is 0 Å². The molecule has 0 radical (unpaired) electrons. The molecule has 0 heterocycles. The summed E-state index contributed by atoms with van der Waals surface area (Å²) in [6.07, 6.45) is 3.87. The highest BCUT2D eigenvalue weighted by Gasteiger charge is 2.01. The largest absolute Gasteiger partial charge is 0.489 e. The number of aliphatic hydroxyl groups is 1. The van der Waals surface area contributed by atoms with Crippen LogP contribution in [0.1, 0.15) is 5.56 Å². The van der Waals surface area contributed by atoms with Crippen LogP contribution in [0.2, 0.25) is 0 Å². The monoisotopic (exact) mass is 314 g/mol. The Labute approximate surface area is 135 Å². The van der Waals surface area contributed by atoms with Crippen LogP contribution in [-0.4, -0.2) is 24.9 Å². The fraction of sp³-hybridized carbons (Fsp3) is 0.176. The number of nitrogens with two attached hydrogens (primary N) is 3. The van der Waals surface area contributed by atoms with E-state index in [9.17, 15) is 0 Å². The minimum Gasteiger partial charge on any atom is -0.489 e. The first-order valence-electron chi connectivity index (χ1n) is 7.28. The Hall–Kier alpha value is -2.86. The predicted molar refractivity (Wildman–Crippen MR) is 96.2 cm³/mol. The zero-order chi connectivity index (χ0) is 16.7. The Kier molecular flexibility index (Phi) is 5.71. The molecule has 0 saturated heterocycles. The van der Waals surface area contributed by atoms with Gasteiger partial charge in [0.15, 0.2) is 0 Å². The summed E-state index contributed by atoms with van der Waals surface area (Å²) < 4.78 is 5.31. The standard InChI is InChI=1S/C17H22N4O2/c18-13-3-5-15(19)12(10-13)2-1-7-21-14-4-6-17(16(20)11-14)23-9-8-22/h1-6,10-11,21-22H,7-9,18-20H2/b2-1+. The van der Waals surface area contributed by atoms with E-state index in [-0.39, 0.29) is 13.2 Å². The molecule has 6 nitrogen and oxygen atoms in total. The average molecular weight is 314 g/mol. The minimum absolute atomic E-state index is 0.0443. The van der Waals surface area contributed by atoms with Crippen molar-refractivity contribution in [3.63, 3.8) is 0 Å². The lowest BCUT2D eigenvalue weighted by atomic mass is 10.1. The Balaban J connectivity index is 1.92. The van der Waals surface area contributed by atoms with Crippen LogP contribution in [0, 0.1) is 0 Å². The van der Waals surface area contributed by atoms with Gasteiger partial charge < -0.3 is 32.4 Å². The van der Waals surface area contributed by atoms with Crippen LogP contribution < -0.4 is 27.3 Å². The molecular weight excluding hydrogens is 292 g/mol. The van der Waals surface area contributed by atoms with Crippen LogP contribution in [0.5, 0.6) is 5.75 Å². The van der Waals surface area contributed by atoms with Crippen molar-refractivity contribution in [3.05, 3.63) is 48.0 Å².